The van der Waals surface area contributed by atoms with Gasteiger partial charge in [-0.15, -0.1) is 13.2 Å². The minimum Gasteiger partial charge on any atom is -0.371 e. The maximum Gasteiger partial charge on any atom is 0.199 e. The van der Waals surface area contributed by atoms with E-state index in [9.17, 15) is 0 Å². The van der Waals surface area contributed by atoms with Crippen LogP contribution in [0.5, 0.6) is 0 Å². The predicted octanol–water partition coefficient (Wildman–Crippen LogP) is 5.02. The number of hydrogen-bond acceptors (Lipinski definition) is 1. The zero-order chi connectivity index (χ0) is 22.6. The number of nitrogens with zero attached hydrogens (tertiary/aromatic N) is 2. The fraction of sp³-hybridized carbons (Fsp3) is 0.233. The summed E-state index contributed by atoms with van der Waals surface area (Å²) in [5.41, 5.74) is 13.9. The van der Waals surface area contributed by atoms with Gasteiger partial charge in [-0.25, -0.2) is 4.58 Å². The van der Waals surface area contributed by atoms with Crippen molar-refractivity contribution in [2.24, 2.45) is 0 Å². The van der Waals surface area contributed by atoms with Crippen LogP contribution in [0.4, 0.5) is 5.69 Å². The maximum atomic E-state index is 4.41. The number of fused-ring (bicyclic) bond motifs is 2. The monoisotopic (exact) mass is 447 g/mol. The summed E-state index contributed by atoms with van der Waals surface area (Å²) in [7, 11) is -2.34. The summed E-state index contributed by atoms with van der Waals surface area (Å²) in [5, 5.41) is 2.87. The zero-order valence-corrected chi connectivity index (χ0v) is 20.5. The van der Waals surface area contributed by atoms with Gasteiger partial charge in [0.05, 0.1) is 6.42 Å². The van der Waals surface area contributed by atoms with Crippen LogP contribution in [0, 0.1) is 6.92 Å². The lowest BCUT2D eigenvalue weighted by Crippen LogP contribution is -2.52. The van der Waals surface area contributed by atoms with Crippen LogP contribution in [0.3, 0.4) is 0 Å². The number of anilines is 1. The standard InChI is InChI=1S/C30H31N2Si/c1-4-33(5-2)28-20-23(31-16-8-17-31)12-14-26(28)30(25-11-7-6-10-22(25)3)27-15-13-24(21-29(27)33)32-18-9-19-32/h4-7,10-15,20-21H,1-2,8-9,16-19H2,3H3/q+1. The Balaban J connectivity index is 1.68. The third-order valence-corrected chi connectivity index (χ3v) is 11.8. The fourth-order valence-electron chi connectivity index (χ4n) is 5.68. The van der Waals surface area contributed by atoms with Gasteiger partial charge in [0.25, 0.3) is 0 Å². The second kappa shape index (κ2) is 7.70. The maximum absolute atomic E-state index is 4.41. The van der Waals surface area contributed by atoms with E-state index in [2.05, 4.69) is 102 Å². The molecule has 2 aromatic rings. The van der Waals surface area contributed by atoms with Gasteiger partial charge < -0.3 is 4.90 Å². The van der Waals surface area contributed by atoms with E-state index in [1.54, 1.807) is 0 Å². The molecule has 0 bridgehead atoms. The largest absolute Gasteiger partial charge is 0.371 e. The minimum absolute atomic E-state index is 1.15. The molecule has 3 heteroatoms. The molecule has 2 nitrogen and oxygen atoms in total. The third kappa shape index (κ3) is 2.95. The molecular weight excluding hydrogens is 416 g/mol. The Morgan fingerprint density at radius 2 is 1.73 bits per heavy atom. The number of rotatable bonds is 4. The average molecular weight is 448 g/mol. The summed E-state index contributed by atoms with van der Waals surface area (Å²) in [5.74, 6) is 0. The molecule has 2 fully saturated rings. The van der Waals surface area contributed by atoms with Crippen molar-refractivity contribution < 1.29 is 4.58 Å². The van der Waals surface area contributed by atoms with E-state index in [0.29, 0.717) is 0 Å². The first-order valence-corrected chi connectivity index (χ1v) is 14.3. The SMILES string of the molecule is C=C[Si]1(C=C)C2=CC(=[N+]3CCC3)C=CC2=C(c2ccccc2C)c2ccc(N3CCC3)cc21. The molecule has 2 aromatic carbocycles. The molecule has 0 N–H and O–H groups in total. The predicted molar refractivity (Wildman–Crippen MR) is 143 cm³/mol. The molecule has 0 spiro atoms. The quantitative estimate of drug-likeness (QED) is 0.471. The minimum atomic E-state index is -2.34. The summed E-state index contributed by atoms with van der Waals surface area (Å²) in [6.07, 6.45) is 9.71. The molecule has 33 heavy (non-hydrogen) atoms. The first-order chi connectivity index (χ1) is 16.2. The normalized spacial score (nSPS) is 20.4. The van der Waals surface area contributed by atoms with Gasteiger partial charge in [-0.3, -0.25) is 0 Å². The fourth-order valence-corrected chi connectivity index (χ4v) is 9.10. The number of allylic oxidation sites excluding steroid dienone is 5. The summed E-state index contributed by atoms with van der Waals surface area (Å²) >= 11 is 0. The van der Waals surface area contributed by atoms with Gasteiger partial charge in [-0.05, 0) is 69.8 Å². The van der Waals surface area contributed by atoms with Crippen LogP contribution in [0.1, 0.15) is 29.5 Å². The summed E-state index contributed by atoms with van der Waals surface area (Å²) in [6.45, 7) is 15.7. The molecule has 6 rings (SSSR count). The Kier molecular flexibility index (Phi) is 4.77. The third-order valence-electron chi connectivity index (χ3n) is 7.94. The van der Waals surface area contributed by atoms with E-state index in [4.69, 9.17) is 0 Å². The van der Waals surface area contributed by atoms with E-state index in [1.807, 2.05) is 0 Å². The van der Waals surface area contributed by atoms with Crippen molar-refractivity contribution in [3.05, 3.63) is 113 Å². The van der Waals surface area contributed by atoms with E-state index >= 15 is 0 Å². The molecule has 0 aromatic heterocycles. The second-order valence-electron chi connectivity index (χ2n) is 9.61. The van der Waals surface area contributed by atoms with Crippen molar-refractivity contribution in [2.75, 3.05) is 31.1 Å². The number of aryl methyl sites for hydroxylation is 1. The van der Waals surface area contributed by atoms with Crippen LogP contribution >= 0.6 is 0 Å². The van der Waals surface area contributed by atoms with Gasteiger partial charge in [0.15, 0.2) is 13.8 Å². The van der Waals surface area contributed by atoms with Crippen molar-refractivity contribution in [2.45, 2.75) is 19.8 Å². The van der Waals surface area contributed by atoms with Crippen molar-refractivity contribution in [1.29, 1.82) is 0 Å². The number of benzene rings is 2. The van der Waals surface area contributed by atoms with Crippen LogP contribution in [-0.2, 0) is 0 Å². The van der Waals surface area contributed by atoms with Crippen molar-refractivity contribution in [3.8, 4) is 0 Å². The highest BCUT2D eigenvalue weighted by molar-refractivity contribution is 7.07. The van der Waals surface area contributed by atoms with Gasteiger partial charge in [0.2, 0.25) is 0 Å². The molecule has 0 saturated carbocycles. The Morgan fingerprint density at radius 3 is 2.36 bits per heavy atom. The Morgan fingerprint density at radius 1 is 0.939 bits per heavy atom. The van der Waals surface area contributed by atoms with E-state index < -0.39 is 8.07 Å². The Bertz CT molecular complexity index is 1300. The molecule has 0 unspecified atom stereocenters. The van der Waals surface area contributed by atoms with Crippen molar-refractivity contribution in [1.82, 2.24) is 0 Å². The highest BCUT2D eigenvalue weighted by Gasteiger charge is 2.44. The Labute approximate surface area is 198 Å². The average Bonchev–Trinajstić information content (AvgIpc) is 2.76. The molecule has 0 amide bonds. The van der Waals surface area contributed by atoms with Crippen LogP contribution in [0.25, 0.3) is 5.57 Å². The zero-order valence-electron chi connectivity index (χ0n) is 19.5. The first kappa shape index (κ1) is 20.4. The topological polar surface area (TPSA) is 6.25 Å². The summed E-state index contributed by atoms with van der Waals surface area (Å²) in [6, 6.07) is 16.0. The molecule has 3 aliphatic heterocycles. The molecule has 164 valence electrons. The van der Waals surface area contributed by atoms with E-state index in [-0.39, 0.29) is 0 Å². The van der Waals surface area contributed by atoms with Gasteiger partial charge >= 0.3 is 0 Å². The van der Waals surface area contributed by atoms with Crippen LogP contribution in [0.15, 0.2) is 96.0 Å². The number of hydrogen-bond donors (Lipinski definition) is 0. The van der Waals surface area contributed by atoms with E-state index in [0.717, 1.165) is 26.2 Å². The molecule has 0 radical (unpaired) electrons. The van der Waals surface area contributed by atoms with Gasteiger partial charge in [-0.1, -0.05) is 41.7 Å². The molecule has 4 aliphatic rings. The van der Waals surface area contributed by atoms with Crippen LogP contribution in [0.2, 0.25) is 0 Å². The molecule has 0 atom stereocenters. The molecular formula is C30H31N2Si+. The highest BCUT2D eigenvalue weighted by atomic mass is 28.3. The van der Waals surface area contributed by atoms with Gasteiger partial charge in [-0.2, -0.15) is 0 Å². The lowest BCUT2D eigenvalue weighted by atomic mass is 9.87. The van der Waals surface area contributed by atoms with Gasteiger partial charge in [0, 0.05) is 30.9 Å². The molecule has 2 saturated heterocycles. The molecule has 3 heterocycles. The van der Waals surface area contributed by atoms with Gasteiger partial charge in [0.1, 0.15) is 13.1 Å². The smallest absolute Gasteiger partial charge is 0.199 e. The van der Waals surface area contributed by atoms with Crippen LogP contribution < -0.4 is 10.1 Å². The highest BCUT2D eigenvalue weighted by Crippen LogP contribution is 2.43. The summed E-state index contributed by atoms with van der Waals surface area (Å²) < 4.78 is 2.49. The second-order valence-corrected chi connectivity index (χ2v) is 13.2. The summed E-state index contributed by atoms with van der Waals surface area (Å²) in [4.78, 5) is 2.49. The lowest BCUT2D eigenvalue weighted by molar-refractivity contribution is -0.582. The van der Waals surface area contributed by atoms with Crippen LogP contribution in [-0.4, -0.2) is 44.5 Å². The van der Waals surface area contributed by atoms with Crippen molar-refractivity contribution in [3.63, 3.8) is 0 Å². The Hall–Kier alpha value is -3.17. The molecule has 1 aliphatic carbocycles. The van der Waals surface area contributed by atoms with Crippen molar-refractivity contribution >= 4 is 30.2 Å². The van der Waals surface area contributed by atoms with E-state index in [1.165, 1.54) is 62.5 Å². The lowest BCUT2D eigenvalue weighted by Gasteiger charge is -2.40. The first-order valence-electron chi connectivity index (χ1n) is 12.2.